The van der Waals surface area contributed by atoms with Crippen molar-refractivity contribution in [3.63, 3.8) is 0 Å². The number of carbonyl (C=O) groups is 1. The molecule has 1 unspecified atom stereocenters. The summed E-state index contributed by atoms with van der Waals surface area (Å²) in [6.07, 6.45) is -0.158. The van der Waals surface area contributed by atoms with Crippen LogP contribution in [0, 0.1) is 12.7 Å². The van der Waals surface area contributed by atoms with Gasteiger partial charge in [0.25, 0.3) is 0 Å². The van der Waals surface area contributed by atoms with Crippen LogP contribution in [0.3, 0.4) is 0 Å². The molecule has 1 fully saturated rings. The quantitative estimate of drug-likeness (QED) is 0.752. The number of hydrogen-bond acceptors (Lipinski definition) is 3. The molecule has 19 heavy (non-hydrogen) atoms. The highest BCUT2D eigenvalue weighted by atomic mass is 79.9. The van der Waals surface area contributed by atoms with Gasteiger partial charge in [0.05, 0.1) is 5.69 Å². The predicted octanol–water partition coefficient (Wildman–Crippen LogP) is 2.57. The van der Waals surface area contributed by atoms with E-state index in [0.717, 1.165) is 0 Å². The number of carbonyl (C=O) groups excluding carboxylic acids is 1. The maximum Gasteiger partial charge on any atom is 0.237 e. The summed E-state index contributed by atoms with van der Waals surface area (Å²) >= 11 is 3.19. The fourth-order valence-corrected chi connectivity index (χ4v) is 3.89. The summed E-state index contributed by atoms with van der Waals surface area (Å²) in [4.78, 5) is 13.2. The number of hydrogen-bond donors (Lipinski definition) is 0. The zero-order chi connectivity index (χ0) is 14.4. The van der Waals surface area contributed by atoms with Gasteiger partial charge < -0.3 is 4.90 Å². The number of halogens is 3. The Balaban J connectivity index is 2.42. The van der Waals surface area contributed by atoms with E-state index in [4.69, 9.17) is 10.7 Å². The maximum atomic E-state index is 13.2. The molecule has 0 aromatic heterocycles. The Hall–Kier alpha value is -0.660. The molecule has 0 bridgehead atoms. The number of rotatable bonds is 2. The van der Waals surface area contributed by atoms with Crippen LogP contribution in [0.4, 0.5) is 10.1 Å². The van der Waals surface area contributed by atoms with Gasteiger partial charge in [-0.2, -0.15) is 0 Å². The molecule has 4 nitrogen and oxygen atoms in total. The Kier molecular flexibility index (Phi) is 3.90. The van der Waals surface area contributed by atoms with Crippen molar-refractivity contribution in [2.24, 2.45) is 0 Å². The molecule has 1 saturated heterocycles. The lowest BCUT2D eigenvalue weighted by Crippen LogP contribution is -2.27. The number of anilines is 1. The van der Waals surface area contributed by atoms with E-state index in [1.807, 2.05) is 0 Å². The minimum absolute atomic E-state index is 0.0181. The fraction of sp³-hybridized carbons (Fsp3) is 0.364. The van der Waals surface area contributed by atoms with Crippen molar-refractivity contribution in [1.82, 2.24) is 0 Å². The molecule has 104 valence electrons. The highest BCUT2D eigenvalue weighted by Crippen LogP contribution is 2.35. The van der Waals surface area contributed by atoms with Crippen LogP contribution in [0.25, 0.3) is 0 Å². The van der Waals surface area contributed by atoms with Crippen molar-refractivity contribution in [2.75, 3.05) is 11.4 Å². The average Bonchev–Trinajstić information content (AvgIpc) is 2.59. The second kappa shape index (κ2) is 5.03. The van der Waals surface area contributed by atoms with E-state index in [1.165, 1.54) is 17.0 Å². The van der Waals surface area contributed by atoms with Gasteiger partial charge in [-0.1, -0.05) is 0 Å². The largest absolute Gasteiger partial charge is 0.310 e. The summed E-state index contributed by atoms with van der Waals surface area (Å²) in [6, 6.07) is 2.52. The van der Waals surface area contributed by atoms with Crippen molar-refractivity contribution in [1.29, 1.82) is 0 Å². The van der Waals surface area contributed by atoms with Gasteiger partial charge in [0.2, 0.25) is 15.0 Å². The zero-order valence-corrected chi connectivity index (χ0v) is 13.0. The molecule has 1 aromatic rings. The van der Waals surface area contributed by atoms with Crippen molar-refractivity contribution in [3.05, 3.63) is 28.0 Å². The molecule has 1 aliphatic rings. The molecule has 1 atom stereocenters. The van der Waals surface area contributed by atoms with Crippen LogP contribution < -0.4 is 4.90 Å². The molecule has 0 radical (unpaired) electrons. The average molecular weight is 371 g/mol. The first-order valence-electron chi connectivity index (χ1n) is 5.39. The summed E-state index contributed by atoms with van der Waals surface area (Å²) in [6.45, 7) is 1.63. The molecule has 8 heteroatoms. The van der Waals surface area contributed by atoms with Gasteiger partial charge in [0.1, 0.15) is 11.1 Å². The highest BCUT2D eigenvalue weighted by Gasteiger charge is 2.39. The first kappa shape index (κ1) is 14.7. The first-order chi connectivity index (χ1) is 8.70. The second-order valence-corrected chi connectivity index (χ2v) is 8.12. The van der Waals surface area contributed by atoms with Crippen LogP contribution in [0.15, 0.2) is 16.6 Å². The van der Waals surface area contributed by atoms with E-state index < -0.39 is 20.1 Å². The summed E-state index contributed by atoms with van der Waals surface area (Å²) < 4.78 is 36.2. The topological polar surface area (TPSA) is 54.5 Å². The number of nitrogens with zero attached hydrogens (tertiary/aromatic N) is 1. The third-order valence-electron chi connectivity index (χ3n) is 2.98. The normalized spacial score (nSPS) is 20.1. The first-order valence-corrected chi connectivity index (χ1v) is 8.56. The third kappa shape index (κ3) is 2.93. The number of benzene rings is 1. The smallest absolute Gasteiger partial charge is 0.237 e. The van der Waals surface area contributed by atoms with Crippen LogP contribution in [-0.4, -0.2) is 26.1 Å². The van der Waals surface area contributed by atoms with Gasteiger partial charge in [-0.3, -0.25) is 4.79 Å². The van der Waals surface area contributed by atoms with Crippen LogP contribution in [0.5, 0.6) is 0 Å². The van der Waals surface area contributed by atoms with Gasteiger partial charge in [-0.05, 0) is 40.5 Å². The van der Waals surface area contributed by atoms with Crippen molar-refractivity contribution in [3.8, 4) is 0 Å². The molecular formula is C11H10BrClFNO3S. The van der Waals surface area contributed by atoms with Crippen molar-refractivity contribution in [2.45, 2.75) is 18.6 Å². The van der Waals surface area contributed by atoms with Crippen LogP contribution >= 0.6 is 26.6 Å². The van der Waals surface area contributed by atoms with Crippen molar-refractivity contribution >= 4 is 47.3 Å². The molecule has 1 heterocycles. The standard InChI is InChI=1S/C11H10BrClFNO3S/c1-6-2-7(14)3-9(12)11(6)15-5-8(4-10(15)16)19(13,17)18/h2-3,8H,4-5H2,1H3. The lowest BCUT2D eigenvalue weighted by Gasteiger charge is -2.20. The second-order valence-electron chi connectivity index (χ2n) is 4.36. The van der Waals surface area contributed by atoms with Gasteiger partial charge in [0, 0.05) is 28.1 Å². The Bertz CT molecular complexity index is 626. The Labute approximate surface area is 123 Å². The van der Waals surface area contributed by atoms with Gasteiger partial charge in [0.15, 0.2) is 0 Å². The Morgan fingerprint density at radius 3 is 2.58 bits per heavy atom. The van der Waals surface area contributed by atoms with E-state index >= 15 is 0 Å². The predicted molar refractivity (Wildman–Crippen MR) is 74.4 cm³/mol. The lowest BCUT2D eigenvalue weighted by atomic mass is 10.2. The van der Waals surface area contributed by atoms with E-state index in [9.17, 15) is 17.6 Å². The molecule has 0 aliphatic carbocycles. The summed E-state index contributed by atoms with van der Waals surface area (Å²) in [7, 11) is 1.49. The fourth-order valence-electron chi connectivity index (χ4n) is 2.12. The van der Waals surface area contributed by atoms with Gasteiger partial charge in [-0.25, -0.2) is 12.8 Å². The monoisotopic (exact) mass is 369 g/mol. The molecule has 1 aromatic carbocycles. The lowest BCUT2D eigenvalue weighted by molar-refractivity contribution is -0.117. The highest BCUT2D eigenvalue weighted by molar-refractivity contribution is 9.10. The molecule has 2 rings (SSSR count). The van der Waals surface area contributed by atoms with E-state index in [2.05, 4.69) is 15.9 Å². The maximum absolute atomic E-state index is 13.2. The van der Waals surface area contributed by atoms with Crippen LogP contribution in [0.2, 0.25) is 0 Å². The van der Waals surface area contributed by atoms with E-state index in [-0.39, 0.29) is 18.9 Å². The number of aryl methyl sites for hydroxylation is 1. The Morgan fingerprint density at radius 1 is 1.47 bits per heavy atom. The van der Waals surface area contributed by atoms with Gasteiger partial charge in [-0.15, -0.1) is 0 Å². The number of amides is 1. The van der Waals surface area contributed by atoms with Crippen LogP contribution in [0.1, 0.15) is 12.0 Å². The summed E-state index contributed by atoms with van der Waals surface area (Å²) in [5, 5.41) is -0.932. The minimum atomic E-state index is -3.79. The van der Waals surface area contributed by atoms with Crippen molar-refractivity contribution < 1.29 is 17.6 Å². The molecule has 1 aliphatic heterocycles. The molecule has 1 amide bonds. The van der Waals surface area contributed by atoms with Gasteiger partial charge >= 0.3 is 0 Å². The third-order valence-corrected chi connectivity index (χ3v) is 5.45. The minimum Gasteiger partial charge on any atom is -0.310 e. The van der Waals surface area contributed by atoms with E-state index in [1.54, 1.807) is 6.92 Å². The molecular weight excluding hydrogens is 361 g/mol. The molecule has 0 N–H and O–H groups in total. The summed E-state index contributed by atoms with van der Waals surface area (Å²) in [5.74, 6) is -0.772. The van der Waals surface area contributed by atoms with Crippen LogP contribution in [-0.2, 0) is 13.8 Å². The molecule has 0 spiro atoms. The Morgan fingerprint density at radius 2 is 2.11 bits per heavy atom. The zero-order valence-electron chi connectivity index (χ0n) is 9.86. The van der Waals surface area contributed by atoms with E-state index in [0.29, 0.717) is 15.7 Å². The molecule has 0 saturated carbocycles. The SMILES string of the molecule is Cc1cc(F)cc(Br)c1N1CC(S(=O)(=O)Cl)CC1=O. The summed E-state index contributed by atoms with van der Waals surface area (Å²) in [5.41, 5.74) is 1.03.